The molecule has 0 amide bonds. The molecule has 3 aromatic rings. The second kappa shape index (κ2) is 4.10. The molecule has 0 aromatic carbocycles. The van der Waals surface area contributed by atoms with E-state index in [1.165, 1.54) is 6.33 Å². The van der Waals surface area contributed by atoms with E-state index < -0.39 is 0 Å². The van der Waals surface area contributed by atoms with Gasteiger partial charge in [0.2, 0.25) is 0 Å². The van der Waals surface area contributed by atoms with E-state index in [0.717, 1.165) is 21.9 Å². The van der Waals surface area contributed by atoms with Gasteiger partial charge in [-0.3, -0.25) is 0 Å². The summed E-state index contributed by atoms with van der Waals surface area (Å²) in [7, 11) is 1.83. The summed E-state index contributed by atoms with van der Waals surface area (Å²) in [6.07, 6.45) is 5.10. The van der Waals surface area contributed by atoms with Crippen LogP contribution >= 0.6 is 11.3 Å². The Hall–Kier alpha value is -2.02. The smallest absolute Gasteiger partial charge is 0.163 e. The number of nitrogens with zero attached hydrogens (tertiary/aromatic N) is 5. The summed E-state index contributed by atoms with van der Waals surface area (Å²) in [5.41, 5.74) is 0.819. The number of thiazole rings is 1. The van der Waals surface area contributed by atoms with E-state index in [2.05, 4.69) is 25.4 Å². The standard InChI is InChI=1S/C10H10N6S/c1-11-9-7-4-15-16(10(7)14-6-13-9)5-8-12-2-3-17-8/h2-4,6H,5H2,1H3,(H,11,13,14). The second-order valence-electron chi connectivity index (χ2n) is 3.44. The quantitative estimate of drug-likeness (QED) is 0.756. The van der Waals surface area contributed by atoms with Gasteiger partial charge in [0.25, 0.3) is 0 Å². The second-order valence-corrected chi connectivity index (χ2v) is 4.42. The zero-order valence-electron chi connectivity index (χ0n) is 9.16. The fourth-order valence-corrected chi connectivity index (χ4v) is 2.26. The minimum atomic E-state index is 0.640. The monoisotopic (exact) mass is 246 g/mol. The van der Waals surface area contributed by atoms with Crippen molar-refractivity contribution in [2.75, 3.05) is 12.4 Å². The summed E-state index contributed by atoms with van der Waals surface area (Å²) in [4.78, 5) is 12.6. The molecule has 3 rings (SSSR count). The van der Waals surface area contributed by atoms with Crippen molar-refractivity contribution < 1.29 is 0 Å². The maximum Gasteiger partial charge on any atom is 0.163 e. The molecule has 7 heteroatoms. The van der Waals surface area contributed by atoms with Crippen LogP contribution in [-0.2, 0) is 6.54 Å². The molecule has 0 aliphatic heterocycles. The van der Waals surface area contributed by atoms with Gasteiger partial charge in [0, 0.05) is 18.6 Å². The Balaban J connectivity index is 2.06. The van der Waals surface area contributed by atoms with E-state index in [1.54, 1.807) is 23.7 Å². The highest BCUT2D eigenvalue weighted by atomic mass is 32.1. The molecule has 0 aliphatic carbocycles. The van der Waals surface area contributed by atoms with Crippen molar-refractivity contribution in [3.63, 3.8) is 0 Å². The topological polar surface area (TPSA) is 68.5 Å². The zero-order chi connectivity index (χ0) is 11.7. The molecule has 1 N–H and O–H groups in total. The van der Waals surface area contributed by atoms with E-state index in [1.807, 2.05) is 17.1 Å². The Kier molecular flexibility index (Phi) is 2.45. The Bertz CT molecular complexity index is 629. The average molecular weight is 246 g/mol. The predicted molar refractivity (Wildman–Crippen MR) is 66.1 cm³/mol. The van der Waals surface area contributed by atoms with Gasteiger partial charge in [0.1, 0.15) is 17.2 Å². The molecule has 0 atom stereocenters. The summed E-state index contributed by atoms with van der Waals surface area (Å²) in [6, 6.07) is 0. The van der Waals surface area contributed by atoms with Gasteiger partial charge < -0.3 is 5.32 Å². The molecule has 0 saturated heterocycles. The van der Waals surface area contributed by atoms with Crippen LogP contribution in [0.5, 0.6) is 0 Å². The van der Waals surface area contributed by atoms with Crippen LogP contribution in [0.15, 0.2) is 24.1 Å². The number of nitrogens with one attached hydrogen (secondary N) is 1. The molecule has 0 spiro atoms. The van der Waals surface area contributed by atoms with Gasteiger partial charge in [-0.05, 0) is 0 Å². The molecule has 0 saturated carbocycles. The third-order valence-electron chi connectivity index (χ3n) is 2.44. The molecule has 86 valence electrons. The third-order valence-corrected chi connectivity index (χ3v) is 3.20. The molecule has 0 radical (unpaired) electrons. The Morgan fingerprint density at radius 3 is 3.06 bits per heavy atom. The van der Waals surface area contributed by atoms with Gasteiger partial charge in [-0.1, -0.05) is 0 Å². The molecule has 0 unspecified atom stereocenters. The summed E-state index contributed by atoms with van der Waals surface area (Å²) in [5, 5.41) is 11.2. The van der Waals surface area contributed by atoms with Gasteiger partial charge in [-0.25, -0.2) is 19.6 Å². The lowest BCUT2D eigenvalue weighted by Gasteiger charge is -2.01. The van der Waals surface area contributed by atoms with Crippen molar-refractivity contribution in [3.05, 3.63) is 29.1 Å². The van der Waals surface area contributed by atoms with Crippen LogP contribution in [0.4, 0.5) is 5.82 Å². The fourth-order valence-electron chi connectivity index (χ4n) is 1.67. The minimum Gasteiger partial charge on any atom is -0.372 e. The van der Waals surface area contributed by atoms with Crippen molar-refractivity contribution in [1.29, 1.82) is 0 Å². The zero-order valence-corrected chi connectivity index (χ0v) is 9.98. The third kappa shape index (κ3) is 1.74. The Morgan fingerprint density at radius 2 is 2.29 bits per heavy atom. The summed E-state index contributed by atoms with van der Waals surface area (Å²) in [5.74, 6) is 0.792. The summed E-state index contributed by atoms with van der Waals surface area (Å²) >= 11 is 1.61. The van der Waals surface area contributed by atoms with E-state index >= 15 is 0 Å². The first-order valence-electron chi connectivity index (χ1n) is 5.11. The largest absolute Gasteiger partial charge is 0.372 e. The molecule has 0 fully saturated rings. The van der Waals surface area contributed by atoms with Gasteiger partial charge in [-0.15, -0.1) is 11.3 Å². The van der Waals surface area contributed by atoms with E-state index in [4.69, 9.17) is 0 Å². The van der Waals surface area contributed by atoms with Crippen LogP contribution in [0.2, 0.25) is 0 Å². The Morgan fingerprint density at radius 1 is 1.35 bits per heavy atom. The van der Waals surface area contributed by atoms with Crippen LogP contribution in [0, 0.1) is 0 Å². The maximum atomic E-state index is 4.32. The molecule has 17 heavy (non-hydrogen) atoms. The molecular formula is C10H10N6S. The van der Waals surface area contributed by atoms with Crippen LogP contribution in [-0.4, -0.2) is 31.8 Å². The van der Waals surface area contributed by atoms with Crippen molar-refractivity contribution in [2.45, 2.75) is 6.54 Å². The molecular weight excluding hydrogens is 236 g/mol. The van der Waals surface area contributed by atoms with Gasteiger partial charge >= 0.3 is 0 Å². The highest BCUT2D eigenvalue weighted by Crippen LogP contribution is 2.19. The van der Waals surface area contributed by atoms with E-state index in [-0.39, 0.29) is 0 Å². The molecule has 3 heterocycles. The van der Waals surface area contributed by atoms with E-state index in [0.29, 0.717) is 6.54 Å². The number of anilines is 1. The van der Waals surface area contributed by atoms with Crippen molar-refractivity contribution in [1.82, 2.24) is 24.7 Å². The van der Waals surface area contributed by atoms with Crippen molar-refractivity contribution >= 4 is 28.2 Å². The lowest BCUT2D eigenvalue weighted by Crippen LogP contribution is -2.02. The Labute approximate surface area is 101 Å². The minimum absolute atomic E-state index is 0.640. The van der Waals surface area contributed by atoms with E-state index in [9.17, 15) is 0 Å². The first-order valence-corrected chi connectivity index (χ1v) is 5.99. The normalized spacial score (nSPS) is 10.9. The maximum absolute atomic E-state index is 4.32. The highest BCUT2D eigenvalue weighted by Gasteiger charge is 2.09. The highest BCUT2D eigenvalue weighted by molar-refractivity contribution is 7.09. The first kappa shape index (κ1) is 10.2. The lowest BCUT2D eigenvalue weighted by molar-refractivity contribution is 0.700. The lowest BCUT2D eigenvalue weighted by atomic mass is 10.4. The van der Waals surface area contributed by atoms with Crippen molar-refractivity contribution in [3.8, 4) is 0 Å². The average Bonchev–Trinajstić information content (AvgIpc) is 2.99. The summed E-state index contributed by atoms with van der Waals surface area (Å²) in [6.45, 7) is 0.640. The van der Waals surface area contributed by atoms with Gasteiger partial charge in [0.05, 0.1) is 18.1 Å². The van der Waals surface area contributed by atoms with Crippen LogP contribution in [0.3, 0.4) is 0 Å². The molecule has 0 bridgehead atoms. The number of rotatable bonds is 3. The van der Waals surface area contributed by atoms with Gasteiger partial charge in [-0.2, -0.15) is 5.10 Å². The molecule has 3 aromatic heterocycles. The summed E-state index contributed by atoms with van der Waals surface area (Å²) < 4.78 is 1.83. The number of aromatic nitrogens is 5. The van der Waals surface area contributed by atoms with Gasteiger partial charge in [0.15, 0.2) is 5.65 Å². The van der Waals surface area contributed by atoms with Crippen LogP contribution in [0.1, 0.15) is 5.01 Å². The van der Waals surface area contributed by atoms with Crippen LogP contribution < -0.4 is 5.32 Å². The first-order chi connectivity index (χ1) is 8.38. The molecule has 6 nitrogen and oxygen atoms in total. The molecule has 0 aliphatic rings. The van der Waals surface area contributed by atoms with Crippen LogP contribution in [0.25, 0.3) is 11.0 Å². The fraction of sp³-hybridized carbons (Fsp3) is 0.200. The number of hydrogen-bond acceptors (Lipinski definition) is 6. The number of hydrogen-bond donors (Lipinski definition) is 1. The van der Waals surface area contributed by atoms with Crippen molar-refractivity contribution in [2.24, 2.45) is 0 Å². The number of fused-ring (bicyclic) bond motifs is 1. The SMILES string of the molecule is CNc1ncnc2c1cnn2Cc1nccs1. The predicted octanol–water partition coefficient (Wildman–Crippen LogP) is 1.37.